The Kier molecular flexibility index (Phi) is 2.33. The number of aryl methyl sites for hydroxylation is 1. The second kappa shape index (κ2) is 3.87. The molecule has 0 aliphatic heterocycles. The fourth-order valence-electron chi connectivity index (χ4n) is 1.78. The van der Waals surface area contributed by atoms with Crippen LogP contribution in [-0.4, -0.2) is 15.0 Å². The Hall–Kier alpha value is -2.30. The van der Waals surface area contributed by atoms with Crippen molar-refractivity contribution in [3.05, 3.63) is 47.7 Å². The van der Waals surface area contributed by atoms with E-state index in [0.717, 1.165) is 23.2 Å². The molecule has 0 unspecified atom stereocenters. The van der Waals surface area contributed by atoms with Gasteiger partial charge in [0.05, 0.1) is 5.52 Å². The van der Waals surface area contributed by atoms with Crippen molar-refractivity contribution in [1.29, 1.82) is 0 Å². The lowest BCUT2D eigenvalue weighted by molar-refractivity contribution is 0.509. The molecule has 0 saturated carbocycles. The summed E-state index contributed by atoms with van der Waals surface area (Å²) in [6, 6.07) is 5.57. The predicted octanol–water partition coefficient (Wildman–Crippen LogP) is 3.21. The second-order valence-electron chi connectivity index (χ2n) is 4.10. The second-order valence-corrected chi connectivity index (χ2v) is 4.10. The number of halogens is 2. The van der Waals surface area contributed by atoms with Crippen LogP contribution in [0.1, 0.15) is 5.56 Å². The highest BCUT2D eigenvalue weighted by Gasteiger charge is 2.09. The molecule has 3 aromatic rings. The highest BCUT2D eigenvalue weighted by molar-refractivity contribution is 5.76. The molecule has 0 atom stereocenters. The topological polar surface area (TPSA) is 41.6 Å². The largest absolute Gasteiger partial charge is 0.337 e. The quantitative estimate of drug-likeness (QED) is 0.715. The molecular weight excluding hydrogens is 236 g/mol. The normalized spacial score (nSPS) is 11.1. The molecule has 18 heavy (non-hydrogen) atoms. The number of pyridine rings is 1. The van der Waals surface area contributed by atoms with E-state index >= 15 is 0 Å². The van der Waals surface area contributed by atoms with Crippen LogP contribution in [0.3, 0.4) is 0 Å². The smallest absolute Gasteiger partial charge is 0.178 e. The fourth-order valence-corrected chi connectivity index (χ4v) is 1.78. The van der Waals surface area contributed by atoms with Gasteiger partial charge in [-0.1, -0.05) is 0 Å². The van der Waals surface area contributed by atoms with Gasteiger partial charge in [-0.2, -0.15) is 0 Å². The van der Waals surface area contributed by atoms with Crippen molar-refractivity contribution in [2.24, 2.45) is 0 Å². The number of hydrogen-bond acceptors (Lipinski definition) is 2. The molecule has 2 heterocycles. The molecule has 0 aliphatic rings. The van der Waals surface area contributed by atoms with Gasteiger partial charge < -0.3 is 4.98 Å². The van der Waals surface area contributed by atoms with Gasteiger partial charge in [0.2, 0.25) is 0 Å². The molecule has 0 bridgehead atoms. The first-order chi connectivity index (χ1) is 8.63. The van der Waals surface area contributed by atoms with Gasteiger partial charge in [0, 0.05) is 11.8 Å². The number of aromatic nitrogens is 3. The molecule has 0 amide bonds. The first-order valence-electron chi connectivity index (χ1n) is 5.41. The Morgan fingerprint density at radius 1 is 1.11 bits per heavy atom. The fraction of sp³-hybridized carbons (Fsp3) is 0.0769. The maximum absolute atomic E-state index is 13.2. The molecule has 5 heteroatoms. The van der Waals surface area contributed by atoms with Crippen LogP contribution in [0.15, 0.2) is 30.5 Å². The number of imidazole rings is 1. The molecule has 3 rings (SSSR count). The van der Waals surface area contributed by atoms with Crippen LogP contribution in [-0.2, 0) is 0 Å². The minimum atomic E-state index is -0.892. The number of hydrogen-bond donors (Lipinski definition) is 1. The molecule has 0 saturated heterocycles. The summed E-state index contributed by atoms with van der Waals surface area (Å²) in [7, 11) is 0. The zero-order valence-electron chi connectivity index (χ0n) is 9.54. The first kappa shape index (κ1) is 10.8. The van der Waals surface area contributed by atoms with E-state index in [2.05, 4.69) is 15.0 Å². The molecule has 90 valence electrons. The van der Waals surface area contributed by atoms with Crippen molar-refractivity contribution >= 4 is 11.2 Å². The number of fused-ring (bicyclic) bond motifs is 1. The zero-order valence-corrected chi connectivity index (χ0v) is 9.54. The molecule has 0 aliphatic carbocycles. The number of nitrogens with zero attached hydrogens (tertiary/aromatic N) is 2. The summed E-state index contributed by atoms with van der Waals surface area (Å²) in [5.74, 6) is -1.29. The van der Waals surface area contributed by atoms with E-state index in [1.54, 1.807) is 6.20 Å². The van der Waals surface area contributed by atoms with Crippen molar-refractivity contribution in [2.45, 2.75) is 6.92 Å². The average molecular weight is 245 g/mol. The Bertz CT molecular complexity index is 734. The lowest BCUT2D eigenvalue weighted by Crippen LogP contribution is -1.86. The lowest BCUT2D eigenvalue weighted by Gasteiger charge is -1.97. The van der Waals surface area contributed by atoms with E-state index in [0.29, 0.717) is 17.0 Å². The number of rotatable bonds is 1. The molecule has 0 fully saturated rings. The summed E-state index contributed by atoms with van der Waals surface area (Å²) in [5, 5.41) is 0. The van der Waals surface area contributed by atoms with Gasteiger partial charge in [0.1, 0.15) is 5.82 Å². The number of nitrogens with one attached hydrogen (secondary N) is 1. The zero-order chi connectivity index (χ0) is 12.7. The monoisotopic (exact) mass is 245 g/mol. The standard InChI is InChI=1S/C13H9F2N3/c1-7-4-11-13(16-6-7)18-12(17-11)8-2-3-9(14)10(15)5-8/h2-6H,1H3,(H,16,17,18). The van der Waals surface area contributed by atoms with E-state index in [-0.39, 0.29) is 0 Å². The van der Waals surface area contributed by atoms with Crippen LogP contribution in [0.4, 0.5) is 8.78 Å². The van der Waals surface area contributed by atoms with Crippen molar-refractivity contribution in [3.63, 3.8) is 0 Å². The van der Waals surface area contributed by atoms with Crippen molar-refractivity contribution in [1.82, 2.24) is 15.0 Å². The molecule has 2 aromatic heterocycles. The first-order valence-corrected chi connectivity index (χ1v) is 5.41. The summed E-state index contributed by atoms with van der Waals surface area (Å²) in [5.41, 5.74) is 2.82. The SMILES string of the molecule is Cc1cnc2nc(-c3ccc(F)c(F)c3)[nH]c2c1. The summed E-state index contributed by atoms with van der Waals surface area (Å²) in [4.78, 5) is 11.4. The minimum Gasteiger partial charge on any atom is -0.337 e. The van der Waals surface area contributed by atoms with Crippen molar-refractivity contribution < 1.29 is 8.78 Å². The Balaban J connectivity index is 2.16. The maximum Gasteiger partial charge on any atom is 0.178 e. The van der Waals surface area contributed by atoms with E-state index in [9.17, 15) is 8.78 Å². The predicted molar refractivity (Wildman–Crippen MR) is 64.0 cm³/mol. The van der Waals surface area contributed by atoms with Crippen LogP contribution >= 0.6 is 0 Å². The van der Waals surface area contributed by atoms with Crippen LogP contribution in [0.2, 0.25) is 0 Å². The Morgan fingerprint density at radius 2 is 1.94 bits per heavy atom. The van der Waals surface area contributed by atoms with Gasteiger partial charge in [-0.05, 0) is 36.8 Å². The van der Waals surface area contributed by atoms with Crippen LogP contribution < -0.4 is 0 Å². The van der Waals surface area contributed by atoms with Crippen LogP contribution in [0.25, 0.3) is 22.6 Å². The Morgan fingerprint density at radius 3 is 2.72 bits per heavy atom. The van der Waals surface area contributed by atoms with Crippen LogP contribution in [0, 0.1) is 18.6 Å². The summed E-state index contributed by atoms with van der Waals surface area (Å²) >= 11 is 0. The number of benzene rings is 1. The molecule has 0 spiro atoms. The van der Waals surface area contributed by atoms with Gasteiger partial charge in [0.15, 0.2) is 17.3 Å². The third kappa shape index (κ3) is 1.73. The Labute approximate surface area is 102 Å². The molecular formula is C13H9F2N3. The lowest BCUT2D eigenvalue weighted by atomic mass is 10.2. The maximum atomic E-state index is 13.2. The molecule has 1 N–H and O–H groups in total. The van der Waals surface area contributed by atoms with Gasteiger partial charge in [-0.15, -0.1) is 0 Å². The highest BCUT2D eigenvalue weighted by atomic mass is 19.2. The number of H-pyrrole nitrogens is 1. The average Bonchev–Trinajstić information content (AvgIpc) is 2.75. The summed E-state index contributed by atoms with van der Waals surface area (Å²) < 4.78 is 26.0. The van der Waals surface area contributed by atoms with Crippen molar-refractivity contribution in [3.8, 4) is 11.4 Å². The summed E-state index contributed by atoms with van der Waals surface area (Å²) in [6.07, 6.45) is 1.71. The van der Waals surface area contributed by atoms with Gasteiger partial charge >= 0.3 is 0 Å². The molecule has 0 radical (unpaired) electrons. The molecule has 3 nitrogen and oxygen atoms in total. The third-order valence-electron chi connectivity index (χ3n) is 2.67. The molecule has 1 aromatic carbocycles. The third-order valence-corrected chi connectivity index (χ3v) is 2.67. The summed E-state index contributed by atoms with van der Waals surface area (Å²) in [6.45, 7) is 1.92. The van der Waals surface area contributed by atoms with Gasteiger partial charge in [0.25, 0.3) is 0 Å². The minimum absolute atomic E-state index is 0.474. The number of aromatic amines is 1. The van der Waals surface area contributed by atoms with Crippen molar-refractivity contribution in [2.75, 3.05) is 0 Å². The van der Waals surface area contributed by atoms with E-state index < -0.39 is 11.6 Å². The van der Waals surface area contributed by atoms with E-state index in [1.165, 1.54) is 6.07 Å². The highest BCUT2D eigenvalue weighted by Crippen LogP contribution is 2.21. The van der Waals surface area contributed by atoms with Gasteiger partial charge in [-0.25, -0.2) is 18.7 Å². The van der Waals surface area contributed by atoms with Gasteiger partial charge in [-0.3, -0.25) is 0 Å². The van der Waals surface area contributed by atoms with Crippen LogP contribution in [0.5, 0.6) is 0 Å². The van der Waals surface area contributed by atoms with E-state index in [4.69, 9.17) is 0 Å². The van der Waals surface area contributed by atoms with E-state index in [1.807, 2.05) is 13.0 Å².